The largest absolute Gasteiger partial charge is 0.270 e. The van der Waals surface area contributed by atoms with Crippen molar-refractivity contribution in [3.05, 3.63) is 106 Å². The number of benzene rings is 3. The summed E-state index contributed by atoms with van der Waals surface area (Å²) in [6.07, 6.45) is 1.64. The van der Waals surface area contributed by atoms with E-state index in [1.54, 1.807) is 18.3 Å². The van der Waals surface area contributed by atoms with Crippen molar-refractivity contribution in [2.45, 2.75) is 6.54 Å². The molecule has 0 heterocycles. The molecule has 0 saturated heterocycles. The summed E-state index contributed by atoms with van der Waals surface area (Å²) >= 11 is 0. The zero-order valence-electron chi connectivity index (χ0n) is 13.5. The Hall–Kier alpha value is -3.47. The molecule has 0 N–H and O–H groups in total. The van der Waals surface area contributed by atoms with Crippen LogP contribution in [0, 0.1) is 10.1 Å². The van der Waals surface area contributed by atoms with Gasteiger partial charge in [-0.3, -0.25) is 15.1 Å². The predicted octanol–water partition coefficient (Wildman–Crippen LogP) is 4.64. The topological polar surface area (TPSA) is 58.7 Å². The molecule has 0 aromatic heterocycles. The number of nitro benzene ring substituents is 1. The van der Waals surface area contributed by atoms with Crippen molar-refractivity contribution in [1.29, 1.82) is 0 Å². The second kappa shape index (κ2) is 7.88. The minimum absolute atomic E-state index is 0.0540. The SMILES string of the molecule is O=[N+]([O-])c1cccc(/C=N\N(Cc2ccccc2)c2ccccc2)c1. The van der Waals surface area contributed by atoms with E-state index in [0.717, 1.165) is 11.3 Å². The number of non-ortho nitro benzene ring substituents is 1. The number of nitrogens with zero attached hydrogens (tertiary/aromatic N) is 3. The second-order valence-corrected chi connectivity index (χ2v) is 5.48. The Kier molecular flexibility index (Phi) is 5.16. The summed E-state index contributed by atoms with van der Waals surface area (Å²) in [4.78, 5) is 10.5. The Morgan fingerprint density at radius 3 is 2.28 bits per heavy atom. The zero-order chi connectivity index (χ0) is 17.5. The Labute approximate surface area is 146 Å². The van der Waals surface area contributed by atoms with Crippen LogP contribution in [-0.2, 0) is 6.54 Å². The molecule has 0 spiro atoms. The fourth-order valence-corrected chi connectivity index (χ4v) is 2.41. The van der Waals surface area contributed by atoms with Gasteiger partial charge in [0.05, 0.1) is 23.4 Å². The Morgan fingerprint density at radius 1 is 0.920 bits per heavy atom. The molecule has 0 aliphatic carbocycles. The maximum atomic E-state index is 10.9. The van der Waals surface area contributed by atoms with Crippen LogP contribution < -0.4 is 5.01 Å². The minimum atomic E-state index is -0.406. The number of anilines is 1. The molecular formula is C20H17N3O2. The highest BCUT2D eigenvalue weighted by molar-refractivity contribution is 5.81. The van der Waals surface area contributed by atoms with E-state index in [1.807, 2.05) is 65.7 Å². The lowest BCUT2D eigenvalue weighted by molar-refractivity contribution is -0.384. The molecule has 0 aliphatic rings. The van der Waals surface area contributed by atoms with E-state index in [-0.39, 0.29) is 5.69 Å². The van der Waals surface area contributed by atoms with Crippen molar-refractivity contribution in [2.24, 2.45) is 5.10 Å². The summed E-state index contributed by atoms with van der Waals surface area (Å²) in [6.45, 7) is 0.607. The maximum Gasteiger partial charge on any atom is 0.270 e. The monoisotopic (exact) mass is 331 g/mol. The van der Waals surface area contributed by atoms with Crippen LogP contribution in [0.15, 0.2) is 90.0 Å². The van der Waals surface area contributed by atoms with Crippen LogP contribution in [0.2, 0.25) is 0 Å². The van der Waals surface area contributed by atoms with E-state index < -0.39 is 4.92 Å². The lowest BCUT2D eigenvalue weighted by Crippen LogP contribution is -2.16. The first-order valence-electron chi connectivity index (χ1n) is 7.87. The van der Waals surface area contributed by atoms with Crippen molar-refractivity contribution in [3.63, 3.8) is 0 Å². The van der Waals surface area contributed by atoms with Crippen LogP contribution in [-0.4, -0.2) is 11.1 Å². The van der Waals surface area contributed by atoms with Gasteiger partial charge in [-0.05, 0) is 17.7 Å². The first-order chi connectivity index (χ1) is 12.2. The predicted molar refractivity (Wildman–Crippen MR) is 99.8 cm³/mol. The smallest absolute Gasteiger partial charge is 0.261 e. The molecule has 124 valence electrons. The normalized spacial score (nSPS) is 10.7. The zero-order valence-corrected chi connectivity index (χ0v) is 13.5. The van der Waals surface area contributed by atoms with E-state index in [0.29, 0.717) is 12.1 Å². The average Bonchev–Trinajstić information content (AvgIpc) is 2.67. The summed E-state index contributed by atoms with van der Waals surface area (Å²) in [6, 6.07) is 26.3. The number of hydrazone groups is 1. The number of hydrogen-bond donors (Lipinski definition) is 0. The summed E-state index contributed by atoms with van der Waals surface area (Å²) in [5, 5.41) is 17.3. The Balaban J connectivity index is 1.87. The third kappa shape index (κ3) is 4.51. The molecule has 5 nitrogen and oxygen atoms in total. The van der Waals surface area contributed by atoms with Crippen LogP contribution in [0.1, 0.15) is 11.1 Å². The van der Waals surface area contributed by atoms with Crippen LogP contribution in [0.3, 0.4) is 0 Å². The summed E-state index contributed by atoms with van der Waals surface area (Å²) in [7, 11) is 0. The van der Waals surface area contributed by atoms with Crippen molar-refractivity contribution in [3.8, 4) is 0 Å². The molecule has 25 heavy (non-hydrogen) atoms. The molecule has 3 aromatic carbocycles. The molecular weight excluding hydrogens is 314 g/mol. The molecule has 3 rings (SSSR count). The molecule has 0 saturated carbocycles. The number of hydrogen-bond acceptors (Lipinski definition) is 4. The van der Waals surface area contributed by atoms with E-state index in [4.69, 9.17) is 0 Å². The highest BCUT2D eigenvalue weighted by Gasteiger charge is 2.07. The van der Waals surface area contributed by atoms with Gasteiger partial charge in [0.25, 0.3) is 5.69 Å². The van der Waals surface area contributed by atoms with Gasteiger partial charge in [-0.25, -0.2) is 0 Å². The molecule has 5 heteroatoms. The number of para-hydroxylation sites is 1. The van der Waals surface area contributed by atoms with Gasteiger partial charge in [0.2, 0.25) is 0 Å². The van der Waals surface area contributed by atoms with Crippen LogP contribution in [0.25, 0.3) is 0 Å². The Morgan fingerprint density at radius 2 is 1.60 bits per heavy atom. The van der Waals surface area contributed by atoms with Crippen molar-refractivity contribution < 1.29 is 4.92 Å². The fourth-order valence-electron chi connectivity index (χ4n) is 2.41. The van der Waals surface area contributed by atoms with Crippen LogP contribution in [0.4, 0.5) is 11.4 Å². The van der Waals surface area contributed by atoms with Gasteiger partial charge in [0, 0.05) is 17.7 Å². The van der Waals surface area contributed by atoms with Gasteiger partial charge in [-0.2, -0.15) is 5.10 Å². The minimum Gasteiger partial charge on any atom is -0.261 e. The van der Waals surface area contributed by atoms with E-state index >= 15 is 0 Å². The molecule has 0 fully saturated rings. The molecule has 0 amide bonds. The van der Waals surface area contributed by atoms with E-state index in [2.05, 4.69) is 5.10 Å². The van der Waals surface area contributed by atoms with Crippen molar-refractivity contribution >= 4 is 17.6 Å². The third-order valence-corrected chi connectivity index (χ3v) is 3.66. The van der Waals surface area contributed by atoms with Gasteiger partial charge in [-0.1, -0.05) is 60.7 Å². The molecule has 3 aromatic rings. The van der Waals surface area contributed by atoms with Crippen LogP contribution in [0.5, 0.6) is 0 Å². The molecule has 0 radical (unpaired) electrons. The molecule has 0 aliphatic heterocycles. The quantitative estimate of drug-likeness (QED) is 0.376. The summed E-state index contributed by atoms with van der Waals surface area (Å²) in [5.41, 5.74) is 2.82. The second-order valence-electron chi connectivity index (χ2n) is 5.48. The summed E-state index contributed by atoms with van der Waals surface area (Å²) in [5.74, 6) is 0. The average molecular weight is 331 g/mol. The number of rotatable bonds is 6. The lowest BCUT2D eigenvalue weighted by Gasteiger charge is -2.19. The first-order valence-corrected chi connectivity index (χ1v) is 7.87. The van der Waals surface area contributed by atoms with Gasteiger partial charge >= 0.3 is 0 Å². The maximum absolute atomic E-state index is 10.9. The Bertz CT molecular complexity index is 864. The highest BCUT2D eigenvalue weighted by Crippen LogP contribution is 2.18. The van der Waals surface area contributed by atoms with Gasteiger partial charge in [0.15, 0.2) is 0 Å². The standard InChI is InChI=1S/C20H17N3O2/c24-23(25)20-13-7-10-18(14-20)15-21-22(19-11-5-2-6-12-19)16-17-8-3-1-4-9-17/h1-15H,16H2/b21-15-. The highest BCUT2D eigenvalue weighted by atomic mass is 16.6. The molecule has 0 unspecified atom stereocenters. The van der Waals surface area contributed by atoms with Gasteiger partial charge < -0.3 is 0 Å². The van der Waals surface area contributed by atoms with Crippen molar-refractivity contribution in [1.82, 2.24) is 0 Å². The summed E-state index contributed by atoms with van der Waals surface area (Å²) < 4.78 is 0. The number of nitro groups is 1. The van der Waals surface area contributed by atoms with Gasteiger partial charge in [0.1, 0.15) is 0 Å². The van der Waals surface area contributed by atoms with E-state index in [9.17, 15) is 10.1 Å². The molecule has 0 bridgehead atoms. The lowest BCUT2D eigenvalue weighted by atomic mass is 10.2. The van der Waals surface area contributed by atoms with Crippen molar-refractivity contribution in [2.75, 3.05) is 5.01 Å². The fraction of sp³-hybridized carbons (Fsp3) is 0.0500. The first kappa shape index (κ1) is 16.4. The molecule has 0 atom stereocenters. The van der Waals surface area contributed by atoms with Crippen LogP contribution >= 0.6 is 0 Å². The van der Waals surface area contributed by atoms with E-state index in [1.165, 1.54) is 12.1 Å². The third-order valence-electron chi connectivity index (χ3n) is 3.66. The van der Waals surface area contributed by atoms with Gasteiger partial charge in [-0.15, -0.1) is 0 Å².